The van der Waals surface area contributed by atoms with Gasteiger partial charge in [-0.1, -0.05) is 54.6 Å². The van der Waals surface area contributed by atoms with Crippen molar-refractivity contribution in [2.24, 2.45) is 0 Å². The molecule has 1 unspecified atom stereocenters. The molecule has 3 aromatic rings. The molecule has 3 aromatic carbocycles. The standard InChI is InChI=1S/C25H25FN2O3/c1-18(31-23-12-10-21(11-13-23)20-7-3-2-4-8-20)25(30)28-15-14-27-24(29)17-19-6-5-9-22(26)16-19/h2-13,16,18H,14-15,17H2,1H3,(H,27,29)(H,28,30). The first-order valence-electron chi connectivity index (χ1n) is 10.1. The normalized spacial score (nSPS) is 11.4. The minimum atomic E-state index is -0.675. The number of hydrogen-bond acceptors (Lipinski definition) is 3. The van der Waals surface area contributed by atoms with E-state index < -0.39 is 6.10 Å². The second-order valence-corrected chi connectivity index (χ2v) is 7.10. The maximum atomic E-state index is 13.2. The molecule has 3 rings (SSSR count). The summed E-state index contributed by atoms with van der Waals surface area (Å²) in [6.45, 7) is 2.22. The largest absolute Gasteiger partial charge is 0.481 e. The first-order valence-corrected chi connectivity index (χ1v) is 10.1. The fourth-order valence-corrected chi connectivity index (χ4v) is 3.04. The summed E-state index contributed by atoms with van der Waals surface area (Å²) in [5.74, 6) is -0.277. The molecule has 2 N–H and O–H groups in total. The molecule has 0 fully saturated rings. The topological polar surface area (TPSA) is 67.4 Å². The monoisotopic (exact) mass is 420 g/mol. The molecular formula is C25H25FN2O3. The second-order valence-electron chi connectivity index (χ2n) is 7.10. The molecule has 2 amide bonds. The minimum absolute atomic E-state index is 0.0875. The Morgan fingerprint density at radius 1 is 0.871 bits per heavy atom. The molecule has 31 heavy (non-hydrogen) atoms. The zero-order valence-electron chi connectivity index (χ0n) is 17.3. The number of hydrogen-bond donors (Lipinski definition) is 2. The van der Waals surface area contributed by atoms with Crippen molar-refractivity contribution in [3.63, 3.8) is 0 Å². The van der Waals surface area contributed by atoms with Gasteiger partial charge in [0, 0.05) is 13.1 Å². The summed E-state index contributed by atoms with van der Waals surface area (Å²) in [6.07, 6.45) is -0.588. The van der Waals surface area contributed by atoms with Crippen molar-refractivity contribution < 1.29 is 18.7 Å². The zero-order chi connectivity index (χ0) is 22.1. The van der Waals surface area contributed by atoms with Crippen LogP contribution in [0.3, 0.4) is 0 Å². The Labute approximate surface area is 181 Å². The van der Waals surface area contributed by atoms with Crippen molar-refractivity contribution in [2.75, 3.05) is 13.1 Å². The molecule has 6 heteroatoms. The van der Waals surface area contributed by atoms with Crippen molar-refractivity contribution in [2.45, 2.75) is 19.4 Å². The maximum absolute atomic E-state index is 13.2. The number of amides is 2. The second kappa shape index (κ2) is 10.9. The van der Waals surface area contributed by atoms with Crippen LogP contribution in [0.15, 0.2) is 78.9 Å². The summed E-state index contributed by atoms with van der Waals surface area (Å²) >= 11 is 0. The lowest BCUT2D eigenvalue weighted by atomic mass is 10.1. The Bertz CT molecular complexity index is 1010. The highest BCUT2D eigenvalue weighted by atomic mass is 19.1. The first kappa shape index (κ1) is 22.0. The Kier molecular flexibility index (Phi) is 7.76. The summed E-state index contributed by atoms with van der Waals surface area (Å²) in [7, 11) is 0. The number of benzene rings is 3. The Morgan fingerprint density at radius 2 is 1.55 bits per heavy atom. The summed E-state index contributed by atoms with van der Waals surface area (Å²) in [4.78, 5) is 24.1. The van der Waals surface area contributed by atoms with Gasteiger partial charge in [-0.05, 0) is 47.9 Å². The Hall–Kier alpha value is -3.67. The average Bonchev–Trinajstić information content (AvgIpc) is 2.77. The molecule has 0 heterocycles. The van der Waals surface area contributed by atoms with Crippen LogP contribution in [-0.2, 0) is 16.0 Å². The smallest absolute Gasteiger partial charge is 0.260 e. The van der Waals surface area contributed by atoms with Gasteiger partial charge in [-0.15, -0.1) is 0 Å². The van der Waals surface area contributed by atoms with Gasteiger partial charge < -0.3 is 15.4 Å². The van der Waals surface area contributed by atoms with E-state index in [1.807, 2.05) is 54.6 Å². The fourth-order valence-electron chi connectivity index (χ4n) is 3.04. The molecule has 0 aliphatic rings. The van der Waals surface area contributed by atoms with E-state index in [4.69, 9.17) is 4.74 Å². The lowest BCUT2D eigenvalue weighted by Crippen LogP contribution is -2.41. The van der Waals surface area contributed by atoms with Gasteiger partial charge in [-0.3, -0.25) is 9.59 Å². The fraction of sp³-hybridized carbons (Fsp3) is 0.200. The lowest BCUT2D eigenvalue weighted by molar-refractivity contribution is -0.127. The Balaban J connectivity index is 1.38. The molecule has 0 aromatic heterocycles. The van der Waals surface area contributed by atoms with E-state index in [1.54, 1.807) is 19.1 Å². The molecule has 0 spiro atoms. The molecule has 1 atom stereocenters. The van der Waals surface area contributed by atoms with Crippen molar-refractivity contribution >= 4 is 11.8 Å². The van der Waals surface area contributed by atoms with Crippen molar-refractivity contribution in [1.29, 1.82) is 0 Å². The van der Waals surface area contributed by atoms with Crippen LogP contribution in [0.4, 0.5) is 4.39 Å². The number of ether oxygens (including phenoxy) is 1. The van der Waals surface area contributed by atoms with Crippen LogP contribution in [0.2, 0.25) is 0 Å². The number of halogens is 1. The molecule has 0 saturated heterocycles. The lowest BCUT2D eigenvalue weighted by Gasteiger charge is -2.15. The van der Waals surface area contributed by atoms with E-state index in [-0.39, 0.29) is 37.1 Å². The number of nitrogens with one attached hydrogen (secondary N) is 2. The van der Waals surface area contributed by atoms with Gasteiger partial charge in [0.2, 0.25) is 5.91 Å². The van der Waals surface area contributed by atoms with E-state index in [0.717, 1.165) is 11.1 Å². The van der Waals surface area contributed by atoms with Gasteiger partial charge in [-0.2, -0.15) is 0 Å². The Morgan fingerprint density at radius 3 is 2.26 bits per heavy atom. The van der Waals surface area contributed by atoms with E-state index in [1.165, 1.54) is 12.1 Å². The molecule has 5 nitrogen and oxygen atoms in total. The predicted molar refractivity (Wildman–Crippen MR) is 118 cm³/mol. The average molecular weight is 420 g/mol. The van der Waals surface area contributed by atoms with Crippen molar-refractivity contribution in [1.82, 2.24) is 10.6 Å². The summed E-state index contributed by atoms with van der Waals surface area (Å²) in [5.41, 5.74) is 2.78. The summed E-state index contributed by atoms with van der Waals surface area (Å²) in [6, 6.07) is 23.5. The van der Waals surface area contributed by atoms with E-state index in [0.29, 0.717) is 11.3 Å². The van der Waals surface area contributed by atoms with Crippen LogP contribution >= 0.6 is 0 Å². The van der Waals surface area contributed by atoms with Crippen LogP contribution in [0, 0.1) is 5.82 Å². The number of rotatable bonds is 9. The van der Waals surface area contributed by atoms with Gasteiger partial charge in [0.25, 0.3) is 5.91 Å². The third-order valence-electron chi connectivity index (χ3n) is 4.64. The molecule has 0 aliphatic heterocycles. The number of carbonyl (C=O) groups is 2. The van der Waals surface area contributed by atoms with Crippen LogP contribution in [-0.4, -0.2) is 31.0 Å². The highest BCUT2D eigenvalue weighted by Gasteiger charge is 2.14. The molecule has 160 valence electrons. The highest BCUT2D eigenvalue weighted by molar-refractivity contribution is 5.81. The molecule has 0 bridgehead atoms. The van der Waals surface area contributed by atoms with Gasteiger partial charge >= 0.3 is 0 Å². The van der Waals surface area contributed by atoms with Gasteiger partial charge in [-0.25, -0.2) is 4.39 Å². The van der Waals surface area contributed by atoms with Crippen LogP contribution < -0.4 is 15.4 Å². The SMILES string of the molecule is CC(Oc1ccc(-c2ccccc2)cc1)C(=O)NCCNC(=O)Cc1cccc(F)c1. The molecule has 0 radical (unpaired) electrons. The zero-order valence-corrected chi connectivity index (χ0v) is 17.3. The quantitative estimate of drug-likeness (QED) is 0.519. The van der Waals surface area contributed by atoms with E-state index >= 15 is 0 Å². The third-order valence-corrected chi connectivity index (χ3v) is 4.64. The first-order chi connectivity index (χ1) is 15.0. The summed E-state index contributed by atoms with van der Waals surface area (Å²) in [5, 5.41) is 5.43. The molecule has 0 aliphatic carbocycles. The maximum Gasteiger partial charge on any atom is 0.260 e. The summed E-state index contributed by atoms with van der Waals surface area (Å²) < 4.78 is 18.9. The number of carbonyl (C=O) groups excluding carboxylic acids is 2. The van der Waals surface area contributed by atoms with Gasteiger partial charge in [0.1, 0.15) is 11.6 Å². The molecular weight excluding hydrogens is 395 g/mol. The van der Waals surface area contributed by atoms with Gasteiger partial charge in [0.15, 0.2) is 6.10 Å². The van der Waals surface area contributed by atoms with Crippen LogP contribution in [0.25, 0.3) is 11.1 Å². The molecule has 0 saturated carbocycles. The van der Waals surface area contributed by atoms with E-state index in [2.05, 4.69) is 10.6 Å². The van der Waals surface area contributed by atoms with Crippen molar-refractivity contribution in [3.8, 4) is 16.9 Å². The van der Waals surface area contributed by atoms with Crippen LogP contribution in [0.5, 0.6) is 5.75 Å². The van der Waals surface area contributed by atoms with E-state index in [9.17, 15) is 14.0 Å². The van der Waals surface area contributed by atoms with Crippen LogP contribution in [0.1, 0.15) is 12.5 Å². The van der Waals surface area contributed by atoms with Gasteiger partial charge in [0.05, 0.1) is 6.42 Å². The highest BCUT2D eigenvalue weighted by Crippen LogP contribution is 2.22. The third kappa shape index (κ3) is 6.96. The van der Waals surface area contributed by atoms with Crippen molar-refractivity contribution in [3.05, 3.63) is 90.2 Å². The predicted octanol–water partition coefficient (Wildman–Crippen LogP) is 3.74. The minimum Gasteiger partial charge on any atom is -0.481 e.